The molecule has 0 spiro atoms. The maximum atomic E-state index is 10.0. The second-order valence-corrected chi connectivity index (χ2v) is 7.54. The van der Waals surface area contributed by atoms with Gasteiger partial charge in [0.2, 0.25) is 5.89 Å². The molecular formula is C22H17Cl2N3O2. The molecule has 0 atom stereocenters. The molecule has 0 aliphatic carbocycles. The van der Waals surface area contributed by atoms with Crippen LogP contribution in [-0.4, -0.2) is 30.4 Å². The summed E-state index contributed by atoms with van der Waals surface area (Å²) < 4.78 is 5.87. The predicted molar refractivity (Wildman–Crippen MR) is 119 cm³/mol. The number of hydrogen-bond acceptors (Lipinski definition) is 5. The quantitative estimate of drug-likeness (QED) is 0.388. The molecule has 0 aliphatic rings. The Labute approximate surface area is 177 Å². The molecule has 4 rings (SSSR count). The van der Waals surface area contributed by atoms with Gasteiger partial charge in [0.25, 0.3) is 0 Å². The first-order valence-electron chi connectivity index (χ1n) is 8.81. The van der Waals surface area contributed by atoms with E-state index in [1.165, 1.54) is 12.3 Å². The first-order chi connectivity index (χ1) is 13.9. The van der Waals surface area contributed by atoms with Gasteiger partial charge in [0.1, 0.15) is 11.3 Å². The summed E-state index contributed by atoms with van der Waals surface area (Å²) in [5, 5.41) is 10.6. The number of aromatic nitrogens is 1. The highest BCUT2D eigenvalue weighted by molar-refractivity contribution is 6.36. The topological polar surface area (TPSA) is 61.9 Å². The molecule has 29 heavy (non-hydrogen) atoms. The SMILES string of the molecule is CN(C)c1ccc(-c2nc3cc(N=Cc4cc(Cl)cc(Cl)c4O)ccc3o2)cc1. The van der Waals surface area contributed by atoms with Crippen molar-refractivity contribution in [2.75, 3.05) is 19.0 Å². The average Bonchev–Trinajstić information content (AvgIpc) is 3.13. The van der Waals surface area contributed by atoms with Crippen molar-refractivity contribution in [2.45, 2.75) is 0 Å². The zero-order valence-corrected chi connectivity index (χ0v) is 17.2. The zero-order chi connectivity index (χ0) is 20.5. The lowest BCUT2D eigenvalue weighted by Gasteiger charge is -2.11. The number of aromatic hydroxyl groups is 1. The third kappa shape index (κ3) is 4.06. The lowest BCUT2D eigenvalue weighted by Crippen LogP contribution is -2.07. The van der Waals surface area contributed by atoms with Gasteiger partial charge in [-0.3, -0.25) is 4.99 Å². The summed E-state index contributed by atoms with van der Waals surface area (Å²) in [7, 11) is 3.99. The van der Waals surface area contributed by atoms with Gasteiger partial charge >= 0.3 is 0 Å². The van der Waals surface area contributed by atoms with Gasteiger partial charge in [0.05, 0.1) is 10.7 Å². The van der Waals surface area contributed by atoms with E-state index in [1.807, 2.05) is 61.5 Å². The highest BCUT2D eigenvalue weighted by atomic mass is 35.5. The molecule has 7 heteroatoms. The van der Waals surface area contributed by atoms with Crippen molar-refractivity contribution in [1.82, 2.24) is 4.98 Å². The van der Waals surface area contributed by atoms with Crippen LogP contribution in [0, 0.1) is 0 Å². The highest BCUT2D eigenvalue weighted by Gasteiger charge is 2.10. The minimum atomic E-state index is -0.0641. The molecule has 0 unspecified atom stereocenters. The molecule has 1 aromatic heterocycles. The van der Waals surface area contributed by atoms with Crippen molar-refractivity contribution in [2.24, 2.45) is 4.99 Å². The standard InChI is InChI=1S/C22H17Cl2N3O2/c1-27(2)17-6-3-13(4-7-17)22-26-19-11-16(5-8-20(19)29-22)25-12-14-9-15(23)10-18(24)21(14)28/h3-12,28H,1-2H3. The number of anilines is 1. The molecule has 1 N–H and O–H groups in total. The fourth-order valence-electron chi connectivity index (χ4n) is 2.85. The molecular weight excluding hydrogens is 409 g/mol. The van der Waals surface area contributed by atoms with Gasteiger partial charge in [-0.25, -0.2) is 4.98 Å². The number of hydrogen-bond donors (Lipinski definition) is 1. The molecule has 1 heterocycles. The van der Waals surface area contributed by atoms with Crippen LogP contribution >= 0.6 is 23.2 Å². The Morgan fingerprint density at radius 1 is 1.03 bits per heavy atom. The number of benzene rings is 3. The Bertz CT molecular complexity index is 1210. The molecule has 4 aromatic rings. The smallest absolute Gasteiger partial charge is 0.227 e. The van der Waals surface area contributed by atoms with E-state index in [4.69, 9.17) is 27.6 Å². The summed E-state index contributed by atoms with van der Waals surface area (Å²) in [4.78, 5) is 11.0. The molecule has 0 fully saturated rings. The molecule has 0 aliphatic heterocycles. The van der Waals surface area contributed by atoms with Crippen LogP contribution in [0.15, 0.2) is 64.0 Å². The summed E-state index contributed by atoms with van der Waals surface area (Å²) in [6.07, 6.45) is 1.51. The van der Waals surface area contributed by atoms with Crippen molar-refractivity contribution in [3.8, 4) is 17.2 Å². The number of phenolic OH excluding ortho intramolecular Hbond substituents is 1. The van der Waals surface area contributed by atoms with Gasteiger partial charge in [0.15, 0.2) is 5.58 Å². The van der Waals surface area contributed by atoms with Crippen LogP contribution in [0.2, 0.25) is 10.0 Å². The number of aliphatic imine (C=N–C) groups is 1. The maximum absolute atomic E-state index is 10.0. The van der Waals surface area contributed by atoms with Gasteiger partial charge in [0, 0.05) is 42.1 Å². The predicted octanol–water partition coefficient (Wildman–Crippen LogP) is 6.32. The molecule has 5 nitrogen and oxygen atoms in total. The van der Waals surface area contributed by atoms with Crippen LogP contribution in [0.4, 0.5) is 11.4 Å². The Balaban J connectivity index is 1.63. The van der Waals surface area contributed by atoms with Crippen LogP contribution in [0.25, 0.3) is 22.6 Å². The minimum Gasteiger partial charge on any atom is -0.506 e. The molecule has 0 saturated heterocycles. The van der Waals surface area contributed by atoms with Crippen LogP contribution in [-0.2, 0) is 0 Å². The molecule has 0 saturated carbocycles. The largest absolute Gasteiger partial charge is 0.506 e. The van der Waals surface area contributed by atoms with E-state index in [0.717, 1.165) is 11.3 Å². The van der Waals surface area contributed by atoms with Crippen molar-refractivity contribution in [3.63, 3.8) is 0 Å². The van der Waals surface area contributed by atoms with Gasteiger partial charge < -0.3 is 14.4 Å². The van der Waals surface area contributed by atoms with Crippen molar-refractivity contribution >= 4 is 51.9 Å². The van der Waals surface area contributed by atoms with Crippen LogP contribution in [0.1, 0.15) is 5.56 Å². The molecule has 0 amide bonds. The summed E-state index contributed by atoms with van der Waals surface area (Å²) >= 11 is 11.9. The number of rotatable bonds is 4. The van der Waals surface area contributed by atoms with E-state index >= 15 is 0 Å². The van der Waals surface area contributed by atoms with E-state index in [9.17, 15) is 5.11 Å². The van der Waals surface area contributed by atoms with Gasteiger partial charge in [-0.1, -0.05) is 23.2 Å². The first kappa shape index (κ1) is 19.3. The fraction of sp³-hybridized carbons (Fsp3) is 0.0909. The normalized spacial score (nSPS) is 11.4. The molecule has 3 aromatic carbocycles. The summed E-state index contributed by atoms with van der Waals surface area (Å²) in [6, 6.07) is 16.5. The fourth-order valence-corrected chi connectivity index (χ4v) is 3.36. The third-order valence-corrected chi connectivity index (χ3v) is 4.92. The van der Waals surface area contributed by atoms with Gasteiger partial charge in [-0.2, -0.15) is 0 Å². The monoisotopic (exact) mass is 425 g/mol. The number of fused-ring (bicyclic) bond motifs is 1. The Morgan fingerprint density at radius 2 is 1.79 bits per heavy atom. The minimum absolute atomic E-state index is 0.0641. The molecule has 0 bridgehead atoms. The van der Waals surface area contributed by atoms with E-state index in [1.54, 1.807) is 6.07 Å². The van der Waals surface area contributed by atoms with E-state index in [-0.39, 0.29) is 10.8 Å². The van der Waals surface area contributed by atoms with Crippen molar-refractivity contribution in [3.05, 3.63) is 70.2 Å². The summed E-state index contributed by atoms with van der Waals surface area (Å²) in [6.45, 7) is 0. The second-order valence-electron chi connectivity index (χ2n) is 6.70. The lowest BCUT2D eigenvalue weighted by atomic mass is 10.2. The Kier molecular flexibility index (Phi) is 5.18. The number of halogens is 2. The third-order valence-electron chi connectivity index (χ3n) is 4.41. The van der Waals surface area contributed by atoms with Crippen molar-refractivity contribution in [1.29, 1.82) is 0 Å². The van der Waals surface area contributed by atoms with E-state index in [2.05, 4.69) is 9.98 Å². The van der Waals surface area contributed by atoms with Crippen LogP contribution in [0.5, 0.6) is 5.75 Å². The Hall–Kier alpha value is -3.02. The van der Waals surface area contributed by atoms with Crippen molar-refractivity contribution < 1.29 is 9.52 Å². The summed E-state index contributed by atoms with van der Waals surface area (Å²) in [5.41, 5.74) is 4.46. The Morgan fingerprint density at radius 3 is 2.52 bits per heavy atom. The number of oxazole rings is 1. The molecule has 146 valence electrons. The van der Waals surface area contributed by atoms with Gasteiger partial charge in [-0.05, 0) is 54.6 Å². The highest BCUT2D eigenvalue weighted by Crippen LogP contribution is 2.31. The van der Waals surface area contributed by atoms with Crippen LogP contribution < -0.4 is 4.90 Å². The number of phenols is 1. The molecule has 0 radical (unpaired) electrons. The first-order valence-corrected chi connectivity index (χ1v) is 9.57. The zero-order valence-electron chi connectivity index (χ0n) is 15.7. The van der Waals surface area contributed by atoms with Crippen LogP contribution in [0.3, 0.4) is 0 Å². The summed E-state index contributed by atoms with van der Waals surface area (Å²) in [5.74, 6) is 0.483. The van der Waals surface area contributed by atoms with E-state index < -0.39 is 0 Å². The average molecular weight is 426 g/mol. The number of nitrogens with zero attached hydrogens (tertiary/aromatic N) is 3. The second kappa shape index (κ2) is 7.78. The van der Waals surface area contributed by atoms with E-state index in [0.29, 0.717) is 33.3 Å². The van der Waals surface area contributed by atoms with Gasteiger partial charge in [-0.15, -0.1) is 0 Å². The lowest BCUT2D eigenvalue weighted by molar-refractivity contribution is 0.475. The maximum Gasteiger partial charge on any atom is 0.227 e.